The van der Waals surface area contributed by atoms with Crippen molar-refractivity contribution < 1.29 is 22.3 Å². The molecule has 1 heterocycles. The second kappa shape index (κ2) is 7.70. The number of sulfonamides is 1. The van der Waals surface area contributed by atoms with E-state index in [2.05, 4.69) is 5.32 Å². The van der Waals surface area contributed by atoms with Crippen LogP contribution in [0.1, 0.15) is 39.2 Å². The normalized spacial score (nSPS) is 17.3. The van der Waals surface area contributed by atoms with Gasteiger partial charge in [0.2, 0.25) is 10.0 Å². The molecule has 1 saturated heterocycles. The van der Waals surface area contributed by atoms with E-state index in [1.54, 1.807) is 20.8 Å². The van der Waals surface area contributed by atoms with E-state index in [0.29, 0.717) is 31.5 Å². The highest BCUT2D eigenvalue weighted by atomic mass is 32.2. The minimum atomic E-state index is -3.46. The van der Waals surface area contributed by atoms with Gasteiger partial charge in [0, 0.05) is 19.1 Å². The van der Waals surface area contributed by atoms with Gasteiger partial charge in [0.1, 0.15) is 11.4 Å². The number of hydrogen-bond acceptors (Lipinski definition) is 4. The molecule has 1 fully saturated rings. The summed E-state index contributed by atoms with van der Waals surface area (Å²) in [5.74, 6) is -0.549. The molecule has 1 aromatic rings. The number of alkyl carbamates (subject to hydrolysis) is 1. The summed E-state index contributed by atoms with van der Waals surface area (Å²) in [7, 11) is -3.46. The molecule has 25 heavy (non-hydrogen) atoms. The topological polar surface area (TPSA) is 75.7 Å². The van der Waals surface area contributed by atoms with Crippen LogP contribution in [0.25, 0.3) is 0 Å². The van der Waals surface area contributed by atoms with Crippen molar-refractivity contribution in [3.63, 3.8) is 0 Å². The van der Waals surface area contributed by atoms with Crippen molar-refractivity contribution in [3.8, 4) is 0 Å². The molecule has 1 N–H and O–H groups in total. The highest BCUT2D eigenvalue weighted by Crippen LogP contribution is 2.18. The predicted molar refractivity (Wildman–Crippen MR) is 93.0 cm³/mol. The zero-order chi connectivity index (χ0) is 18.7. The third kappa shape index (κ3) is 6.28. The minimum absolute atomic E-state index is 0.105. The van der Waals surface area contributed by atoms with Gasteiger partial charge in [0.25, 0.3) is 0 Å². The minimum Gasteiger partial charge on any atom is -0.444 e. The molecule has 0 aliphatic carbocycles. The van der Waals surface area contributed by atoms with Gasteiger partial charge in [-0.05, 0) is 51.3 Å². The Hall–Kier alpha value is -1.67. The molecule has 1 aliphatic rings. The number of nitrogens with zero attached hydrogens (tertiary/aromatic N) is 1. The Morgan fingerprint density at radius 3 is 2.32 bits per heavy atom. The average molecular weight is 372 g/mol. The highest BCUT2D eigenvalue weighted by molar-refractivity contribution is 7.88. The van der Waals surface area contributed by atoms with Crippen molar-refractivity contribution in [3.05, 3.63) is 35.6 Å². The van der Waals surface area contributed by atoms with Crippen molar-refractivity contribution >= 4 is 16.1 Å². The van der Waals surface area contributed by atoms with Gasteiger partial charge < -0.3 is 10.1 Å². The molecule has 0 saturated carbocycles. The summed E-state index contributed by atoms with van der Waals surface area (Å²) in [5, 5.41) is 2.78. The molecule has 0 atom stereocenters. The van der Waals surface area contributed by atoms with Crippen LogP contribution in [-0.4, -0.2) is 43.5 Å². The Bertz CT molecular complexity index is 690. The number of nitrogens with one attached hydrogen (secondary N) is 1. The molecule has 140 valence electrons. The molecular weight excluding hydrogens is 347 g/mol. The lowest BCUT2D eigenvalue weighted by molar-refractivity contribution is 0.0489. The van der Waals surface area contributed by atoms with E-state index in [1.807, 2.05) is 0 Å². The molecule has 0 radical (unpaired) electrons. The van der Waals surface area contributed by atoms with Gasteiger partial charge in [-0.3, -0.25) is 0 Å². The van der Waals surface area contributed by atoms with Crippen LogP contribution in [0.5, 0.6) is 0 Å². The maximum atomic E-state index is 12.9. The fourth-order valence-electron chi connectivity index (χ4n) is 2.64. The van der Waals surface area contributed by atoms with Crippen LogP contribution in [0, 0.1) is 5.82 Å². The van der Waals surface area contributed by atoms with Crippen molar-refractivity contribution in [2.45, 2.75) is 51.0 Å². The second-order valence-electron chi connectivity index (χ2n) is 7.20. The first-order valence-corrected chi connectivity index (χ1v) is 9.88. The van der Waals surface area contributed by atoms with Gasteiger partial charge in [-0.1, -0.05) is 12.1 Å². The first kappa shape index (κ1) is 19.7. The number of halogens is 1. The Balaban J connectivity index is 1.86. The molecule has 1 aromatic carbocycles. The van der Waals surface area contributed by atoms with Gasteiger partial charge in [-0.25, -0.2) is 21.9 Å². The smallest absolute Gasteiger partial charge is 0.407 e. The van der Waals surface area contributed by atoms with Gasteiger partial charge in [0.15, 0.2) is 0 Å². The summed E-state index contributed by atoms with van der Waals surface area (Å²) in [6, 6.07) is 5.35. The van der Waals surface area contributed by atoms with E-state index < -0.39 is 27.5 Å². The lowest BCUT2D eigenvalue weighted by atomic mass is 10.1. The van der Waals surface area contributed by atoms with Crippen LogP contribution in [0.3, 0.4) is 0 Å². The Morgan fingerprint density at radius 1 is 1.24 bits per heavy atom. The van der Waals surface area contributed by atoms with Gasteiger partial charge in [0.05, 0.1) is 5.75 Å². The third-order valence-electron chi connectivity index (χ3n) is 3.83. The lowest BCUT2D eigenvalue weighted by Gasteiger charge is -2.32. The first-order chi connectivity index (χ1) is 11.5. The summed E-state index contributed by atoms with van der Waals surface area (Å²) in [5.41, 5.74) is -0.0149. The number of piperidine rings is 1. The molecule has 1 amide bonds. The Kier molecular flexibility index (Phi) is 6.05. The monoisotopic (exact) mass is 372 g/mol. The Morgan fingerprint density at radius 2 is 1.80 bits per heavy atom. The fourth-order valence-corrected chi connectivity index (χ4v) is 4.20. The summed E-state index contributed by atoms with van der Waals surface area (Å²) in [4.78, 5) is 11.8. The zero-order valence-electron chi connectivity index (χ0n) is 14.8. The zero-order valence-corrected chi connectivity index (χ0v) is 15.6. The molecule has 0 bridgehead atoms. The first-order valence-electron chi connectivity index (χ1n) is 8.27. The van der Waals surface area contributed by atoms with Crippen LogP contribution in [0.4, 0.5) is 9.18 Å². The SMILES string of the molecule is CC(C)(C)OC(=O)NC1CCN(S(=O)(=O)Cc2ccc(F)cc2)CC1. The van der Waals surface area contributed by atoms with E-state index in [4.69, 9.17) is 4.74 Å². The summed E-state index contributed by atoms with van der Waals surface area (Å²) in [6.07, 6.45) is 0.573. The molecule has 0 spiro atoms. The number of carbonyl (C=O) groups excluding carboxylic acids is 1. The van der Waals surface area contributed by atoms with Gasteiger partial charge >= 0.3 is 6.09 Å². The number of benzene rings is 1. The maximum absolute atomic E-state index is 12.9. The van der Waals surface area contributed by atoms with Crippen molar-refractivity contribution in [2.75, 3.05) is 13.1 Å². The predicted octanol–water partition coefficient (Wildman–Crippen LogP) is 2.64. The van der Waals surface area contributed by atoms with E-state index in [-0.39, 0.29) is 11.8 Å². The van der Waals surface area contributed by atoms with Crippen LogP contribution in [0.15, 0.2) is 24.3 Å². The second-order valence-corrected chi connectivity index (χ2v) is 9.17. The van der Waals surface area contributed by atoms with E-state index >= 15 is 0 Å². The van der Waals surface area contributed by atoms with Crippen LogP contribution in [0.2, 0.25) is 0 Å². The fraction of sp³-hybridized carbons (Fsp3) is 0.588. The molecule has 1 aliphatic heterocycles. The number of ether oxygens (including phenoxy) is 1. The number of hydrogen-bond donors (Lipinski definition) is 1. The van der Waals surface area contributed by atoms with E-state index in [0.717, 1.165) is 0 Å². The molecule has 6 nitrogen and oxygen atoms in total. The quantitative estimate of drug-likeness (QED) is 0.882. The van der Waals surface area contributed by atoms with E-state index in [9.17, 15) is 17.6 Å². The largest absolute Gasteiger partial charge is 0.444 e. The molecular formula is C17H25FN2O4S. The summed E-state index contributed by atoms with van der Waals surface area (Å²) in [6.45, 7) is 6.04. The molecule has 8 heteroatoms. The van der Waals surface area contributed by atoms with Crippen LogP contribution < -0.4 is 5.32 Å². The lowest BCUT2D eigenvalue weighted by Crippen LogP contribution is -2.47. The standard InChI is InChI=1S/C17H25FN2O4S/c1-17(2,3)24-16(21)19-15-8-10-20(11-9-15)25(22,23)12-13-4-6-14(18)7-5-13/h4-7,15H,8-12H2,1-3H3,(H,19,21). The van der Waals surface area contributed by atoms with Crippen LogP contribution >= 0.6 is 0 Å². The van der Waals surface area contributed by atoms with Crippen molar-refractivity contribution in [2.24, 2.45) is 0 Å². The van der Waals surface area contributed by atoms with Crippen LogP contribution in [-0.2, 0) is 20.5 Å². The highest BCUT2D eigenvalue weighted by Gasteiger charge is 2.29. The summed E-state index contributed by atoms with van der Waals surface area (Å²) < 4.78 is 44.5. The maximum Gasteiger partial charge on any atom is 0.407 e. The van der Waals surface area contributed by atoms with Gasteiger partial charge in [-0.2, -0.15) is 0 Å². The number of carbonyl (C=O) groups is 1. The number of rotatable bonds is 4. The third-order valence-corrected chi connectivity index (χ3v) is 5.68. The molecule has 0 unspecified atom stereocenters. The summed E-state index contributed by atoms with van der Waals surface area (Å²) >= 11 is 0. The van der Waals surface area contributed by atoms with E-state index in [1.165, 1.54) is 28.6 Å². The molecule has 0 aromatic heterocycles. The van der Waals surface area contributed by atoms with Crippen molar-refractivity contribution in [1.29, 1.82) is 0 Å². The number of amides is 1. The molecule has 2 rings (SSSR count). The Labute approximate surface area is 148 Å². The van der Waals surface area contributed by atoms with Gasteiger partial charge in [-0.15, -0.1) is 0 Å². The average Bonchev–Trinajstić information content (AvgIpc) is 2.48. The van der Waals surface area contributed by atoms with Crippen molar-refractivity contribution in [1.82, 2.24) is 9.62 Å².